The Hall–Kier alpha value is -0.800. The number of pyridine rings is 1. The normalized spacial score (nSPS) is 28.2. The Bertz CT molecular complexity index is 437. The summed E-state index contributed by atoms with van der Waals surface area (Å²) in [6.45, 7) is 5.83. The third-order valence-corrected chi connectivity index (χ3v) is 4.76. The van der Waals surface area contributed by atoms with Gasteiger partial charge in [0, 0.05) is 36.9 Å². The zero-order chi connectivity index (χ0) is 13.2. The van der Waals surface area contributed by atoms with Crippen LogP contribution in [0.2, 0.25) is 0 Å². The Morgan fingerprint density at radius 1 is 1.37 bits per heavy atom. The van der Waals surface area contributed by atoms with Gasteiger partial charge in [0.25, 0.3) is 0 Å². The van der Waals surface area contributed by atoms with Gasteiger partial charge in [0.2, 0.25) is 0 Å². The van der Waals surface area contributed by atoms with Crippen LogP contribution < -0.4 is 4.90 Å². The molecule has 4 heteroatoms. The number of aromatic nitrogens is 1. The molecule has 0 radical (unpaired) electrons. The van der Waals surface area contributed by atoms with Crippen molar-refractivity contribution in [3.63, 3.8) is 0 Å². The van der Waals surface area contributed by atoms with Gasteiger partial charge in [-0.05, 0) is 32.4 Å². The molecule has 0 N–H and O–H groups in total. The van der Waals surface area contributed by atoms with Gasteiger partial charge >= 0.3 is 0 Å². The van der Waals surface area contributed by atoms with Crippen molar-refractivity contribution in [1.29, 1.82) is 0 Å². The molecule has 0 aromatic carbocycles. The van der Waals surface area contributed by atoms with Crippen molar-refractivity contribution in [1.82, 2.24) is 9.88 Å². The molecule has 2 aliphatic rings. The molecule has 2 unspecified atom stereocenters. The summed E-state index contributed by atoms with van der Waals surface area (Å²) in [5.41, 5.74) is 1.15. The van der Waals surface area contributed by atoms with Crippen LogP contribution >= 0.6 is 11.6 Å². The molecule has 2 atom stereocenters. The van der Waals surface area contributed by atoms with E-state index in [1.807, 2.05) is 12.3 Å². The van der Waals surface area contributed by atoms with E-state index in [0.29, 0.717) is 18.0 Å². The highest BCUT2D eigenvalue weighted by atomic mass is 35.5. The summed E-state index contributed by atoms with van der Waals surface area (Å²) >= 11 is 6.06. The topological polar surface area (TPSA) is 19.4 Å². The lowest BCUT2D eigenvalue weighted by Gasteiger charge is -2.48. The number of piperazine rings is 1. The van der Waals surface area contributed by atoms with Gasteiger partial charge in [0.05, 0.1) is 5.88 Å². The molecule has 104 valence electrons. The average molecular weight is 280 g/mol. The van der Waals surface area contributed by atoms with Crippen molar-refractivity contribution in [2.24, 2.45) is 0 Å². The summed E-state index contributed by atoms with van der Waals surface area (Å²) in [7, 11) is 0. The second-order valence-corrected chi connectivity index (χ2v) is 6.03. The fourth-order valence-corrected chi connectivity index (χ4v) is 3.65. The summed E-state index contributed by atoms with van der Waals surface area (Å²) in [6, 6.07) is 5.29. The number of hydrogen-bond donors (Lipinski definition) is 0. The van der Waals surface area contributed by atoms with Crippen LogP contribution in [-0.4, -0.2) is 41.6 Å². The third kappa shape index (κ3) is 2.59. The fourth-order valence-electron chi connectivity index (χ4n) is 3.44. The van der Waals surface area contributed by atoms with Crippen LogP contribution in [-0.2, 0) is 5.88 Å². The van der Waals surface area contributed by atoms with E-state index in [1.165, 1.54) is 25.8 Å². The quantitative estimate of drug-likeness (QED) is 0.776. The van der Waals surface area contributed by atoms with E-state index in [9.17, 15) is 0 Å². The molecule has 0 saturated carbocycles. The average Bonchev–Trinajstić information content (AvgIpc) is 2.46. The first-order valence-corrected chi connectivity index (χ1v) is 7.83. The predicted molar refractivity (Wildman–Crippen MR) is 79.8 cm³/mol. The van der Waals surface area contributed by atoms with E-state index in [4.69, 9.17) is 11.6 Å². The maximum absolute atomic E-state index is 6.06. The van der Waals surface area contributed by atoms with Crippen molar-refractivity contribution >= 4 is 17.4 Å². The smallest absolute Gasteiger partial charge is 0.133 e. The Morgan fingerprint density at radius 2 is 2.26 bits per heavy atom. The van der Waals surface area contributed by atoms with Crippen molar-refractivity contribution in [3.05, 3.63) is 23.9 Å². The van der Waals surface area contributed by atoms with E-state index < -0.39 is 0 Å². The first-order chi connectivity index (χ1) is 9.29. The molecule has 0 bridgehead atoms. The van der Waals surface area contributed by atoms with Gasteiger partial charge < -0.3 is 4.90 Å². The van der Waals surface area contributed by atoms with Crippen molar-refractivity contribution in [2.75, 3.05) is 24.5 Å². The maximum Gasteiger partial charge on any atom is 0.133 e. The first kappa shape index (κ1) is 13.2. The fraction of sp³-hybridized carbons (Fsp3) is 0.667. The minimum Gasteiger partial charge on any atom is -0.351 e. The first-order valence-electron chi connectivity index (χ1n) is 7.30. The van der Waals surface area contributed by atoms with Gasteiger partial charge in [-0.1, -0.05) is 12.5 Å². The molecule has 2 fully saturated rings. The lowest BCUT2D eigenvalue weighted by Crippen LogP contribution is -2.59. The van der Waals surface area contributed by atoms with E-state index in [1.54, 1.807) is 0 Å². The van der Waals surface area contributed by atoms with Gasteiger partial charge in [-0.2, -0.15) is 0 Å². The van der Waals surface area contributed by atoms with Crippen LogP contribution in [0.15, 0.2) is 18.3 Å². The van der Waals surface area contributed by atoms with Gasteiger partial charge in [-0.15, -0.1) is 11.6 Å². The Kier molecular flexibility index (Phi) is 3.94. The molecule has 2 aliphatic heterocycles. The van der Waals surface area contributed by atoms with Crippen molar-refractivity contribution in [2.45, 2.75) is 44.1 Å². The number of anilines is 1. The summed E-state index contributed by atoms with van der Waals surface area (Å²) in [4.78, 5) is 9.71. The molecule has 0 aliphatic carbocycles. The van der Waals surface area contributed by atoms with E-state index in [2.05, 4.69) is 27.8 Å². The molecule has 1 aromatic rings. The van der Waals surface area contributed by atoms with E-state index >= 15 is 0 Å². The van der Waals surface area contributed by atoms with E-state index in [-0.39, 0.29) is 0 Å². The third-order valence-electron chi connectivity index (χ3n) is 4.47. The zero-order valence-corrected chi connectivity index (χ0v) is 12.3. The van der Waals surface area contributed by atoms with Crippen molar-refractivity contribution < 1.29 is 0 Å². The molecule has 19 heavy (non-hydrogen) atoms. The highest BCUT2D eigenvalue weighted by Crippen LogP contribution is 2.29. The lowest BCUT2D eigenvalue weighted by molar-refractivity contribution is 0.115. The van der Waals surface area contributed by atoms with Crippen LogP contribution in [0.1, 0.15) is 31.7 Å². The molecule has 3 nitrogen and oxygen atoms in total. The van der Waals surface area contributed by atoms with Gasteiger partial charge in [-0.25, -0.2) is 4.98 Å². The molecular formula is C15H22ClN3. The van der Waals surface area contributed by atoms with Crippen LogP contribution in [0.5, 0.6) is 0 Å². The van der Waals surface area contributed by atoms with Crippen LogP contribution in [0.3, 0.4) is 0 Å². The molecular weight excluding hydrogens is 258 g/mol. The molecule has 0 amide bonds. The Balaban J connectivity index is 1.83. The molecule has 3 heterocycles. The summed E-state index contributed by atoms with van der Waals surface area (Å²) < 4.78 is 0. The second-order valence-electron chi connectivity index (χ2n) is 5.77. The molecule has 2 saturated heterocycles. The maximum atomic E-state index is 6.06. The highest BCUT2D eigenvalue weighted by molar-refractivity contribution is 6.17. The molecule has 0 spiro atoms. The largest absolute Gasteiger partial charge is 0.351 e. The summed E-state index contributed by atoms with van der Waals surface area (Å²) in [6.07, 6.45) is 5.94. The number of piperidine rings is 1. The van der Waals surface area contributed by atoms with Gasteiger partial charge in [0.15, 0.2) is 0 Å². The summed E-state index contributed by atoms with van der Waals surface area (Å²) in [5.74, 6) is 1.64. The predicted octanol–water partition coefficient (Wildman–Crippen LogP) is 2.88. The molecule has 1 aromatic heterocycles. The molecule has 3 rings (SSSR count). The standard InChI is InChI=1S/C15H22ClN3/c1-12-10-18-8-3-2-6-14(18)11-19(12)15-13(9-16)5-4-7-17-15/h4-5,7,12,14H,2-3,6,8-11H2,1H3. The zero-order valence-electron chi connectivity index (χ0n) is 11.6. The van der Waals surface area contributed by atoms with Crippen LogP contribution in [0, 0.1) is 0 Å². The minimum absolute atomic E-state index is 0.520. The Morgan fingerprint density at radius 3 is 3.11 bits per heavy atom. The van der Waals surface area contributed by atoms with Crippen LogP contribution in [0.4, 0.5) is 5.82 Å². The number of nitrogens with zero attached hydrogens (tertiary/aromatic N) is 3. The number of fused-ring (bicyclic) bond motifs is 1. The number of rotatable bonds is 2. The highest BCUT2D eigenvalue weighted by Gasteiger charge is 2.34. The number of alkyl halides is 1. The number of halogens is 1. The van der Waals surface area contributed by atoms with Crippen molar-refractivity contribution in [3.8, 4) is 0 Å². The SMILES string of the molecule is CC1CN2CCCCC2CN1c1ncccc1CCl. The van der Waals surface area contributed by atoms with Gasteiger partial charge in [-0.3, -0.25) is 4.90 Å². The number of hydrogen-bond acceptors (Lipinski definition) is 3. The lowest BCUT2D eigenvalue weighted by atomic mass is 9.97. The Labute approximate surface area is 120 Å². The second kappa shape index (κ2) is 5.68. The monoisotopic (exact) mass is 279 g/mol. The minimum atomic E-state index is 0.520. The summed E-state index contributed by atoms with van der Waals surface area (Å²) in [5, 5.41) is 0. The van der Waals surface area contributed by atoms with E-state index in [0.717, 1.165) is 24.5 Å². The van der Waals surface area contributed by atoms with Gasteiger partial charge in [0.1, 0.15) is 5.82 Å². The van der Waals surface area contributed by atoms with Crippen LogP contribution in [0.25, 0.3) is 0 Å².